The molecule has 0 aromatic rings. The monoisotopic (exact) mass is 256 g/mol. The van der Waals surface area contributed by atoms with Gasteiger partial charge in [-0.25, -0.2) is 4.79 Å². The Morgan fingerprint density at radius 1 is 1.22 bits per heavy atom. The van der Waals surface area contributed by atoms with Gasteiger partial charge in [0.2, 0.25) is 0 Å². The zero-order chi connectivity index (χ0) is 13.8. The Labute approximate surface area is 111 Å². The lowest BCUT2D eigenvalue weighted by Crippen LogP contribution is -2.33. The summed E-state index contributed by atoms with van der Waals surface area (Å²) in [6.07, 6.45) is 3.96. The van der Waals surface area contributed by atoms with Gasteiger partial charge in [0.15, 0.2) is 6.10 Å². The minimum Gasteiger partial charge on any atom is -0.460 e. The smallest absolute Gasteiger partial charge is 0.335 e. The second-order valence-electron chi connectivity index (χ2n) is 6.37. The zero-order valence-corrected chi connectivity index (χ0v) is 12.5. The zero-order valence-electron chi connectivity index (χ0n) is 12.5. The number of hydrogen-bond donors (Lipinski definition) is 0. The number of esters is 1. The molecule has 0 aromatic heterocycles. The highest BCUT2D eigenvalue weighted by Gasteiger charge is 2.31. The second kappa shape index (κ2) is 6.55. The molecule has 1 fully saturated rings. The SMILES string of the molecule is CCO[C@@H](C)C(=O)OC1CCC(C(C)(C)C)CC1. The first-order chi connectivity index (χ1) is 8.34. The normalized spacial score (nSPS) is 26.7. The summed E-state index contributed by atoms with van der Waals surface area (Å²) in [6, 6.07) is 0. The molecular formula is C15H28O3. The van der Waals surface area contributed by atoms with Crippen molar-refractivity contribution in [2.24, 2.45) is 11.3 Å². The molecule has 1 rings (SSSR count). The van der Waals surface area contributed by atoms with Crippen LogP contribution in [0.5, 0.6) is 0 Å². The number of rotatable bonds is 4. The first-order valence-corrected chi connectivity index (χ1v) is 7.16. The van der Waals surface area contributed by atoms with E-state index in [0.717, 1.165) is 31.6 Å². The Hall–Kier alpha value is -0.570. The minimum atomic E-state index is -0.435. The van der Waals surface area contributed by atoms with Gasteiger partial charge < -0.3 is 9.47 Å². The van der Waals surface area contributed by atoms with Gasteiger partial charge in [0.05, 0.1) is 0 Å². The van der Waals surface area contributed by atoms with E-state index < -0.39 is 6.10 Å². The average Bonchev–Trinajstić information content (AvgIpc) is 2.28. The fourth-order valence-corrected chi connectivity index (χ4v) is 2.62. The van der Waals surface area contributed by atoms with Crippen LogP contribution >= 0.6 is 0 Å². The van der Waals surface area contributed by atoms with E-state index in [1.54, 1.807) is 6.92 Å². The molecule has 0 N–H and O–H groups in total. The fourth-order valence-electron chi connectivity index (χ4n) is 2.62. The van der Waals surface area contributed by atoms with Gasteiger partial charge in [-0.05, 0) is 50.9 Å². The molecule has 1 aliphatic rings. The van der Waals surface area contributed by atoms with Crippen molar-refractivity contribution in [2.75, 3.05) is 6.61 Å². The van der Waals surface area contributed by atoms with Gasteiger partial charge in [-0.15, -0.1) is 0 Å². The van der Waals surface area contributed by atoms with Crippen molar-refractivity contribution in [2.45, 2.75) is 72.5 Å². The van der Waals surface area contributed by atoms with Crippen molar-refractivity contribution >= 4 is 5.97 Å². The van der Waals surface area contributed by atoms with Crippen molar-refractivity contribution in [3.8, 4) is 0 Å². The molecule has 0 amide bonds. The maximum atomic E-state index is 11.7. The van der Waals surface area contributed by atoms with Crippen LogP contribution in [0.15, 0.2) is 0 Å². The van der Waals surface area contributed by atoms with Gasteiger partial charge in [-0.2, -0.15) is 0 Å². The molecule has 0 unspecified atom stereocenters. The predicted octanol–water partition coefficient (Wildman–Crippen LogP) is 3.56. The van der Waals surface area contributed by atoms with E-state index in [9.17, 15) is 4.79 Å². The third-order valence-electron chi connectivity index (χ3n) is 3.93. The van der Waals surface area contributed by atoms with Crippen LogP contribution in [0, 0.1) is 11.3 Å². The van der Waals surface area contributed by atoms with Gasteiger partial charge in [0.25, 0.3) is 0 Å². The highest BCUT2D eigenvalue weighted by atomic mass is 16.6. The van der Waals surface area contributed by atoms with Crippen molar-refractivity contribution in [1.82, 2.24) is 0 Å². The summed E-state index contributed by atoms with van der Waals surface area (Å²) >= 11 is 0. The first-order valence-electron chi connectivity index (χ1n) is 7.16. The molecule has 1 atom stereocenters. The van der Waals surface area contributed by atoms with E-state index in [-0.39, 0.29) is 12.1 Å². The molecule has 0 heterocycles. The van der Waals surface area contributed by atoms with Crippen LogP contribution in [0.25, 0.3) is 0 Å². The minimum absolute atomic E-state index is 0.0963. The van der Waals surface area contributed by atoms with Crippen LogP contribution in [0.4, 0.5) is 0 Å². The highest BCUT2D eigenvalue weighted by Crippen LogP contribution is 2.38. The Balaban J connectivity index is 2.33. The standard InChI is InChI=1S/C15H28O3/c1-6-17-11(2)14(16)18-13-9-7-12(8-10-13)15(3,4)5/h11-13H,6-10H2,1-5H3/t11-,12?,13?/m0/s1. The number of carbonyl (C=O) groups is 1. The molecule has 0 bridgehead atoms. The largest absolute Gasteiger partial charge is 0.460 e. The van der Waals surface area contributed by atoms with E-state index in [2.05, 4.69) is 20.8 Å². The van der Waals surface area contributed by atoms with Gasteiger partial charge in [0, 0.05) is 6.61 Å². The molecule has 0 aliphatic heterocycles. The van der Waals surface area contributed by atoms with E-state index in [1.807, 2.05) is 6.92 Å². The quantitative estimate of drug-likeness (QED) is 0.721. The van der Waals surface area contributed by atoms with E-state index in [4.69, 9.17) is 9.47 Å². The number of hydrogen-bond acceptors (Lipinski definition) is 3. The summed E-state index contributed by atoms with van der Waals surface area (Å²) in [5, 5.41) is 0. The van der Waals surface area contributed by atoms with Crippen molar-refractivity contribution in [3.63, 3.8) is 0 Å². The Morgan fingerprint density at radius 2 is 1.78 bits per heavy atom. The molecule has 0 saturated heterocycles. The van der Waals surface area contributed by atoms with E-state index in [0.29, 0.717) is 12.0 Å². The van der Waals surface area contributed by atoms with Gasteiger partial charge in [0.1, 0.15) is 6.10 Å². The van der Waals surface area contributed by atoms with E-state index in [1.165, 1.54) is 0 Å². The van der Waals surface area contributed by atoms with Crippen LogP contribution in [0.3, 0.4) is 0 Å². The lowest BCUT2D eigenvalue weighted by Gasteiger charge is -2.36. The van der Waals surface area contributed by atoms with Crippen LogP contribution in [0.1, 0.15) is 60.3 Å². The summed E-state index contributed by atoms with van der Waals surface area (Å²) < 4.78 is 10.7. The number of ether oxygens (including phenoxy) is 2. The molecule has 106 valence electrons. The predicted molar refractivity (Wildman–Crippen MR) is 72.4 cm³/mol. The highest BCUT2D eigenvalue weighted by molar-refractivity contribution is 5.74. The van der Waals surface area contributed by atoms with E-state index >= 15 is 0 Å². The number of carbonyl (C=O) groups excluding carboxylic acids is 1. The summed E-state index contributed by atoms with van der Waals surface area (Å²) in [4.78, 5) is 11.7. The Kier molecular flexibility index (Phi) is 5.64. The molecule has 1 saturated carbocycles. The Bertz CT molecular complexity index is 259. The van der Waals surface area contributed by atoms with Crippen LogP contribution in [-0.2, 0) is 14.3 Å². The lowest BCUT2D eigenvalue weighted by molar-refractivity contribution is -0.163. The van der Waals surface area contributed by atoms with Crippen molar-refractivity contribution in [3.05, 3.63) is 0 Å². The summed E-state index contributed by atoms with van der Waals surface area (Å²) in [5.41, 5.74) is 0.369. The third kappa shape index (κ3) is 4.60. The van der Waals surface area contributed by atoms with Crippen LogP contribution in [0.2, 0.25) is 0 Å². The summed E-state index contributed by atoms with van der Waals surface area (Å²) in [7, 11) is 0. The molecule has 0 radical (unpaired) electrons. The topological polar surface area (TPSA) is 35.5 Å². The Morgan fingerprint density at radius 3 is 2.22 bits per heavy atom. The summed E-state index contributed by atoms with van der Waals surface area (Å²) in [5.74, 6) is 0.535. The average molecular weight is 256 g/mol. The maximum absolute atomic E-state index is 11.7. The molecule has 3 heteroatoms. The first kappa shape index (κ1) is 15.5. The third-order valence-corrected chi connectivity index (χ3v) is 3.93. The van der Waals surface area contributed by atoms with Gasteiger partial charge in [-0.1, -0.05) is 20.8 Å². The maximum Gasteiger partial charge on any atom is 0.335 e. The molecular weight excluding hydrogens is 228 g/mol. The molecule has 0 aromatic carbocycles. The molecule has 0 spiro atoms. The van der Waals surface area contributed by atoms with Crippen molar-refractivity contribution in [1.29, 1.82) is 0 Å². The van der Waals surface area contributed by atoms with Gasteiger partial charge in [-0.3, -0.25) is 0 Å². The lowest BCUT2D eigenvalue weighted by atomic mass is 9.72. The van der Waals surface area contributed by atoms with Gasteiger partial charge >= 0.3 is 5.97 Å². The molecule has 1 aliphatic carbocycles. The summed E-state index contributed by atoms with van der Waals surface area (Å²) in [6.45, 7) is 11.1. The van der Waals surface area contributed by atoms with Crippen molar-refractivity contribution < 1.29 is 14.3 Å². The fraction of sp³-hybridized carbons (Fsp3) is 0.933. The molecule has 3 nitrogen and oxygen atoms in total. The molecule has 18 heavy (non-hydrogen) atoms. The van der Waals surface area contributed by atoms with Crippen LogP contribution < -0.4 is 0 Å². The second-order valence-corrected chi connectivity index (χ2v) is 6.37. The van der Waals surface area contributed by atoms with Crippen LogP contribution in [-0.4, -0.2) is 24.8 Å².